The zero-order valence-electron chi connectivity index (χ0n) is 10.2. The number of hydrogen-bond donors (Lipinski definition) is 1. The minimum absolute atomic E-state index is 0.205. The quantitative estimate of drug-likeness (QED) is 0.927. The van der Waals surface area contributed by atoms with Crippen LogP contribution < -0.4 is 5.73 Å². The standard InChI is InChI=1S/C12H13F3N4/c1-19-7-9(6-18-19)10(4-16)8-2-3-11(17-5-8)12(13,14)15/h2-3,5-7,10H,4,16H2,1H3/t10-/m0/s1. The number of aromatic nitrogens is 3. The Kier molecular flexibility index (Phi) is 3.57. The van der Waals surface area contributed by atoms with Crippen LogP contribution >= 0.6 is 0 Å². The van der Waals surface area contributed by atoms with Gasteiger partial charge in [0.2, 0.25) is 0 Å². The summed E-state index contributed by atoms with van der Waals surface area (Å²) in [6.07, 6.45) is 0.225. The summed E-state index contributed by atoms with van der Waals surface area (Å²) in [7, 11) is 1.77. The molecule has 2 N–H and O–H groups in total. The van der Waals surface area contributed by atoms with E-state index in [-0.39, 0.29) is 12.5 Å². The molecule has 2 aromatic rings. The summed E-state index contributed by atoms with van der Waals surface area (Å²) in [5.41, 5.74) is 6.27. The number of aryl methyl sites for hydroxylation is 1. The van der Waals surface area contributed by atoms with Crippen molar-refractivity contribution in [3.63, 3.8) is 0 Å². The first-order valence-electron chi connectivity index (χ1n) is 5.63. The highest BCUT2D eigenvalue weighted by Gasteiger charge is 2.32. The van der Waals surface area contributed by atoms with Crippen molar-refractivity contribution in [1.29, 1.82) is 0 Å². The molecule has 2 heterocycles. The normalized spacial score (nSPS) is 13.5. The Morgan fingerprint density at radius 3 is 2.42 bits per heavy atom. The summed E-state index contributed by atoms with van der Waals surface area (Å²) in [5.74, 6) is -0.205. The maximum atomic E-state index is 12.4. The fourth-order valence-corrected chi connectivity index (χ4v) is 1.86. The molecule has 0 fully saturated rings. The van der Waals surface area contributed by atoms with Gasteiger partial charge in [0, 0.05) is 31.9 Å². The van der Waals surface area contributed by atoms with E-state index in [1.165, 1.54) is 12.3 Å². The van der Waals surface area contributed by atoms with Crippen molar-refractivity contribution in [1.82, 2.24) is 14.8 Å². The number of rotatable bonds is 3. The average molecular weight is 270 g/mol. The molecular weight excluding hydrogens is 257 g/mol. The Hall–Kier alpha value is -1.89. The molecule has 0 radical (unpaired) electrons. The van der Waals surface area contributed by atoms with Crippen molar-refractivity contribution in [2.75, 3.05) is 6.54 Å². The molecular formula is C12H13F3N4. The molecule has 0 saturated carbocycles. The number of pyridine rings is 1. The van der Waals surface area contributed by atoms with Gasteiger partial charge in [-0.05, 0) is 17.2 Å². The first kappa shape index (κ1) is 13.5. The smallest absolute Gasteiger partial charge is 0.330 e. The summed E-state index contributed by atoms with van der Waals surface area (Å²) in [6.45, 7) is 0.277. The Bertz CT molecular complexity index is 545. The summed E-state index contributed by atoms with van der Waals surface area (Å²) in [5, 5.41) is 4.03. The highest BCUT2D eigenvalue weighted by Crippen LogP contribution is 2.29. The molecule has 1 atom stereocenters. The zero-order valence-corrected chi connectivity index (χ0v) is 10.2. The number of halogens is 3. The molecule has 0 saturated heterocycles. The van der Waals surface area contributed by atoms with E-state index in [1.807, 2.05) is 0 Å². The maximum absolute atomic E-state index is 12.4. The van der Waals surface area contributed by atoms with Crippen LogP contribution in [0.5, 0.6) is 0 Å². The molecule has 7 heteroatoms. The topological polar surface area (TPSA) is 56.7 Å². The van der Waals surface area contributed by atoms with Crippen LogP contribution in [0.25, 0.3) is 0 Å². The van der Waals surface area contributed by atoms with Crippen molar-refractivity contribution in [3.8, 4) is 0 Å². The highest BCUT2D eigenvalue weighted by molar-refractivity contribution is 5.29. The predicted octanol–water partition coefficient (Wildman–Crippen LogP) is 1.92. The predicted molar refractivity (Wildman–Crippen MR) is 63.3 cm³/mol. The number of hydrogen-bond acceptors (Lipinski definition) is 3. The van der Waals surface area contributed by atoms with E-state index in [0.29, 0.717) is 5.56 Å². The van der Waals surface area contributed by atoms with Crippen LogP contribution in [0, 0.1) is 0 Å². The molecule has 0 amide bonds. The second kappa shape index (κ2) is 5.00. The van der Waals surface area contributed by atoms with E-state index < -0.39 is 11.9 Å². The first-order chi connectivity index (χ1) is 8.91. The number of alkyl halides is 3. The van der Waals surface area contributed by atoms with Gasteiger partial charge in [0.25, 0.3) is 0 Å². The van der Waals surface area contributed by atoms with Gasteiger partial charge in [0.15, 0.2) is 0 Å². The Labute approximate surface area is 108 Å². The van der Waals surface area contributed by atoms with Gasteiger partial charge in [-0.15, -0.1) is 0 Å². The van der Waals surface area contributed by atoms with Gasteiger partial charge in [-0.3, -0.25) is 9.67 Å². The van der Waals surface area contributed by atoms with E-state index in [4.69, 9.17) is 5.73 Å². The summed E-state index contributed by atoms with van der Waals surface area (Å²) >= 11 is 0. The molecule has 0 bridgehead atoms. The summed E-state index contributed by atoms with van der Waals surface area (Å²) in [4.78, 5) is 3.44. The Morgan fingerprint density at radius 2 is 2.00 bits per heavy atom. The van der Waals surface area contributed by atoms with E-state index >= 15 is 0 Å². The van der Waals surface area contributed by atoms with Gasteiger partial charge < -0.3 is 5.73 Å². The van der Waals surface area contributed by atoms with Crippen molar-refractivity contribution in [3.05, 3.63) is 47.5 Å². The summed E-state index contributed by atoms with van der Waals surface area (Å²) in [6, 6.07) is 2.37. The Balaban J connectivity index is 2.30. The molecule has 2 aromatic heterocycles. The average Bonchev–Trinajstić information content (AvgIpc) is 2.76. The van der Waals surface area contributed by atoms with E-state index in [1.54, 1.807) is 24.1 Å². The van der Waals surface area contributed by atoms with E-state index in [2.05, 4.69) is 10.1 Å². The fraction of sp³-hybridized carbons (Fsp3) is 0.333. The van der Waals surface area contributed by atoms with Crippen LogP contribution in [0.2, 0.25) is 0 Å². The van der Waals surface area contributed by atoms with Crippen LogP contribution in [-0.2, 0) is 13.2 Å². The lowest BCUT2D eigenvalue weighted by Gasteiger charge is -2.14. The van der Waals surface area contributed by atoms with Crippen molar-refractivity contribution >= 4 is 0 Å². The molecule has 0 aliphatic rings. The lowest BCUT2D eigenvalue weighted by Crippen LogP contribution is -2.15. The van der Waals surface area contributed by atoms with E-state index in [0.717, 1.165) is 11.6 Å². The first-order valence-corrected chi connectivity index (χ1v) is 5.63. The van der Waals surface area contributed by atoms with Gasteiger partial charge in [-0.1, -0.05) is 6.07 Å². The van der Waals surface area contributed by atoms with Crippen molar-refractivity contribution in [2.24, 2.45) is 12.8 Å². The van der Waals surface area contributed by atoms with Gasteiger partial charge in [-0.2, -0.15) is 18.3 Å². The molecule has 0 aromatic carbocycles. The minimum atomic E-state index is -4.43. The fourth-order valence-electron chi connectivity index (χ4n) is 1.86. The van der Waals surface area contributed by atoms with Gasteiger partial charge >= 0.3 is 6.18 Å². The van der Waals surface area contributed by atoms with Crippen LogP contribution in [0.3, 0.4) is 0 Å². The minimum Gasteiger partial charge on any atom is -0.330 e. The monoisotopic (exact) mass is 270 g/mol. The largest absolute Gasteiger partial charge is 0.433 e. The third kappa shape index (κ3) is 2.93. The van der Waals surface area contributed by atoms with Crippen LogP contribution in [-0.4, -0.2) is 21.3 Å². The molecule has 4 nitrogen and oxygen atoms in total. The molecule has 0 spiro atoms. The maximum Gasteiger partial charge on any atom is 0.433 e. The summed E-state index contributed by atoms with van der Waals surface area (Å²) < 4.78 is 38.9. The molecule has 0 unspecified atom stereocenters. The zero-order chi connectivity index (χ0) is 14.0. The third-order valence-electron chi connectivity index (χ3n) is 2.84. The third-order valence-corrected chi connectivity index (χ3v) is 2.84. The van der Waals surface area contributed by atoms with Gasteiger partial charge in [0.1, 0.15) is 5.69 Å². The second-order valence-corrected chi connectivity index (χ2v) is 4.21. The van der Waals surface area contributed by atoms with E-state index in [9.17, 15) is 13.2 Å². The molecule has 19 heavy (non-hydrogen) atoms. The Morgan fingerprint density at radius 1 is 1.26 bits per heavy atom. The second-order valence-electron chi connectivity index (χ2n) is 4.21. The number of nitrogens with two attached hydrogens (primary N) is 1. The molecule has 2 rings (SSSR count). The molecule has 0 aliphatic carbocycles. The van der Waals surface area contributed by atoms with Crippen molar-refractivity contribution in [2.45, 2.75) is 12.1 Å². The number of nitrogens with zero attached hydrogens (tertiary/aromatic N) is 3. The molecule has 0 aliphatic heterocycles. The lowest BCUT2D eigenvalue weighted by atomic mass is 9.95. The van der Waals surface area contributed by atoms with Gasteiger partial charge in [-0.25, -0.2) is 0 Å². The highest BCUT2D eigenvalue weighted by atomic mass is 19.4. The SMILES string of the molecule is Cn1cc([C@@H](CN)c2ccc(C(F)(F)F)nc2)cn1. The van der Waals surface area contributed by atoms with Crippen LogP contribution in [0.4, 0.5) is 13.2 Å². The lowest BCUT2D eigenvalue weighted by molar-refractivity contribution is -0.141. The van der Waals surface area contributed by atoms with Crippen LogP contribution in [0.15, 0.2) is 30.7 Å². The van der Waals surface area contributed by atoms with Gasteiger partial charge in [0.05, 0.1) is 6.20 Å². The van der Waals surface area contributed by atoms with Crippen LogP contribution in [0.1, 0.15) is 22.7 Å². The van der Waals surface area contributed by atoms with Crippen molar-refractivity contribution < 1.29 is 13.2 Å². The molecule has 102 valence electrons.